The van der Waals surface area contributed by atoms with Gasteiger partial charge in [0.1, 0.15) is 0 Å². The average molecular weight is 139 g/mol. The SMILES string of the molecule is CCC1=CC(NO)=CCC1. The zero-order valence-corrected chi connectivity index (χ0v) is 6.22. The highest BCUT2D eigenvalue weighted by Gasteiger charge is 2.01. The van der Waals surface area contributed by atoms with Crippen LogP contribution in [0.5, 0.6) is 0 Å². The Bertz CT molecular complexity index is 170. The molecule has 0 atom stereocenters. The molecule has 0 saturated carbocycles. The van der Waals surface area contributed by atoms with Crippen LogP contribution >= 0.6 is 0 Å². The second-order valence-electron chi connectivity index (χ2n) is 2.47. The van der Waals surface area contributed by atoms with E-state index in [4.69, 9.17) is 5.21 Å². The van der Waals surface area contributed by atoms with Crippen LogP contribution in [-0.4, -0.2) is 5.21 Å². The number of hydroxylamine groups is 1. The molecule has 2 heteroatoms. The van der Waals surface area contributed by atoms with E-state index in [9.17, 15) is 0 Å². The summed E-state index contributed by atoms with van der Waals surface area (Å²) in [5.41, 5.74) is 4.39. The monoisotopic (exact) mass is 139 g/mol. The Labute approximate surface area is 61.2 Å². The standard InChI is InChI=1S/C8H13NO/c1-2-7-4-3-5-8(6-7)9-10/h5-6,9-10H,2-4H2,1H3. The van der Waals surface area contributed by atoms with Crippen LogP contribution in [0.15, 0.2) is 23.4 Å². The van der Waals surface area contributed by atoms with Gasteiger partial charge in [0.15, 0.2) is 0 Å². The van der Waals surface area contributed by atoms with Crippen LogP contribution in [0.25, 0.3) is 0 Å². The van der Waals surface area contributed by atoms with Crippen molar-refractivity contribution in [1.82, 2.24) is 5.48 Å². The molecule has 0 fully saturated rings. The molecule has 0 heterocycles. The summed E-state index contributed by atoms with van der Waals surface area (Å²) >= 11 is 0. The lowest BCUT2D eigenvalue weighted by Crippen LogP contribution is -2.07. The lowest BCUT2D eigenvalue weighted by Gasteiger charge is -2.10. The van der Waals surface area contributed by atoms with Crippen molar-refractivity contribution in [3.63, 3.8) is 0 Å². The molecule has 1 aliphatic carbocycles. The van der Waals surface area contributed by atoms with Gasteiger partial charge in [0, 0.05) is 0 Å². The third-order valence-electron chi connectivity index (χ3n) is 1.77. The Kier molecular flexibility index (Phi) is 2.51. The lowest BCUT2D eigenvalue weighted by molar-refractivity contribution is 0.204. The van der Waals surface area contributed by atoms with E-state index in [1.54, 1.807) is 0 Å². The largest absolute Gasteiger partial charge is 0.291 e. The van der Waals surface area contributed by atoms with Crippen LogP contribution in [-0.2, 0) is 0 Å². The van der Waals surface area contributed by atoms with E-state index in [0.717, 1.165) is 25.0 Å². The number of hydrogen-bond acceptors (Lipinski definition) is 2. The molecule has 0 unspecified atom stereocenters. The number of rotatable bonds is 2. The molecule has 0 aliphatic heterocycles. The molecule has 56 valence electrons. The summed E-state index contributed by atoms with van der Waals surface area (Å²) in [7, 11) is 0. The molecule has 0 aromatic heterocycles. The smallest absolute Gasteiger partial charge is 0.0561 e. The topological polar surface area (TPSA) is 32.3 Å². The van der Waals surface area contributed by atoms with Gasteiger partial charge < -0.3 is 0 Å². The van der Waals surface area contributed by atoms with Crippen LogP contribution in [0.1, 0.15) is 26.2 Å². The first-order valence-corrected chi connectivity index (χ1v) is 3.66. The van der Waals surface area contributed by atoms with Gasteiger partial charge in [0.25, 0.3) is 0 Å². The molecule has 0 aromatic carbocycles. The Morgan fingerprint density at radius 3 is 3.10 bits per heavy atom. The molecule has 2 nitrogen and oxygen atoms in total. The summed E-state index contributed by atoms with van der Waals surface area (Å²) in [5, 5.41) is 8.54. The maximum Gasteiger partial charge on any atom is 0.0561 e. The van der Waals surface area contributed by atoms with E-state index in [-0.39, 0.29) is 0 Å². The predicted molar refractivity (Wildman–Crippen MR) is 40.6 cm³/mol. The first-order chi connectivity index (χ1) is 4.86. The van der Waals surface area contributed by atoms with Gasteiger partial charge in [-0.15, -0.1) is 0 Å². The zero-order valence-electron chi connectivity index (χ0n) is 6.22. The van der Waals surface area contributed by atoms with Crippen molar-refractivity contribution in [2.24, 2.45) is 0 Å². The molecule has 1 aliphatic rings. The lowest BCUT2D eigenvalue weighted by atomic mass is 10.0. The maximum atomic E-state index is 8.54. The van der Waals surface area contributed by atoms with E-state index >= 15 is 0 Å². The van der Waals surface area contributed by atoms with Gasteiger partial charge in [-0.05, 0) is 25.3 Å². The van der Waals surface area contributed by atoms with E-state index in [2.05, 4.69) is 12.4 Å². The third kappa shape index (κ3) is 1.61. The van der Waals surface area contributed by atoms with Crippen molar-refractivity contribution in [3.05, 3.63) is 23.4 Å². The first kappa shape index (κ1) is 7.35. The highest BCUT2D eigenvalue weighted by atomic mass is 16.5. The Morgan fingerprint density at radius 2 is 2.50 bits per heavy atom. The minimum absolute atomic E-state index is 0.836. The van der Waals surface area contributed by atoms with Crippen molar-refractivity contribution in [1.29, 1.82) is 0 Å². The predicted octanol–water partition coefficient (Wildman–Crippen LogP) is 1.98. The summed E-state index contributed by atoms with van der Waals surface area (Å²) in [6.07, 6.45) is 7.27. The van der Waals surface area contributed by atoms with Gasteiger partial charge in [0.05, 0.1) is 5.70 Å². The molecular formula is C8H13NO. The zero-order chi connectivity index (χ0) is 7.40. The van der Waals surface area contributed by atoms with Crippen LogP contribution in [0.2, 0.25) is 0 Å². The maximum absolute atomic E-state index is 8.54. The van der Waals surface area contributed by atoms with Crippen molar-refractivity contribution in [2.45, 2.75) is 26.2 Å². The number of allylic oxidation sites excluding steroid dienone is 3. The molecule has 0 saturated heterocycles. The molecule has 2 N–H and O–H groups in total. The quantitative estimate of drug-likeness (QED) is 0.573. The van der Waals surface area contributed by atoms with Crippen molar-refractivity contribution in [2.75, 3.05) is 0 Å². The van der Waals surface area contributed by atoms with E-state index in [0.29, 0.717) is 0 Å². The van der Waals surface area contributed by atoms with Gasteiger partial charge in [-0.25, -0.2) is 0 Å². The fraction of sp³-hybridized carbons (Fsp3) is 0.500. The summed E-state index contributed by atoms with van der Waals surface area (Å²) < 4.78 is 0. The molecule has 0 amide bonds. The normalized spacial score (nSPS) is 17.8. The van der Waals surface area contributed by atoms with Crippen LogP contribution in [0.3, 0.4) is 0 Å². The number of nitrogens with one attached hydrogen (secondary N) is 1. The fourth-order valence-electron chi connectivity index (χ4n) is 1.12. The highest BCUT2D eigenvalue weighted by molar-refractivity contribution is 5.25. The van der Waals surface area contributed by atoms with Crippen molar-refractivity contribution in [3.8, 4) is 0 Å². The van der Waals surface area contributed by atoms with Gasteiger partial charge in [-0.3, -0.25) is 10.7 Å². The van der Waals surface area contributed by atoms with Crippen LogP contribution < -0.4 is 5.48 Å². The fourth-order valence-corrected chi connectivity index (χ4v) is 1.12. The second kappa shape index (κ2) is 3.42. The van der Waals surface area contributed by atoms with Gasteiger partial charge in [-0.2, -0.15) is 0 Å². The first-order valence-electron chi connectivity index (χ1n) is 3.66. The molecule has 0 bridgehead atoms. The minimum atomic E-state index is 0.836. The minimum Gasteiger partial charge on any atom is -0.291 e. The Hall–Kier alpha value is -0.760. The third-order valence-corrected chi connectivity index (χ3v) is 1.77. The van der Waals surface area contributed by atoms with Crippen LogP contribution in [0, 0.1) is 0 Å². The van der Waals surface area contributed by atoms with Gasteiger partial charge in [-0.1, -0.05) is 18.6 Å². The molecule has 1 rings (SSSR count). The summed E-state index contributed by atoms with van der Waals surface area (Å²) in [6, 6.07) is 0. The van der Waals surface area contributed by atoms with Gasteiger partial charge >= 0.3 is 0 Å². The molecule has 0 spiro atoms. The number of hydrogen-bond donors (Lipinski definition) is 2. The van der Waals surface area contributed by atoms with E-state index < -0.39 is 0 Å². The Morgan fingerprint density at radius 1 is 1.70 bits per heavy atom. The van der Waals surface area contributed by atoms with Crippen LogP contribution in [0.4, 0.5) is 0 Å². The van der Waals surface area contributed by atoms with Crippen molar-refractivity contribution >= 4 is 0 Å². The Balaban J connectivity index is 2.61. The second-order valence-corrected chi connectivity index (χ2v) is 2.47. The summed E-state index contributed by atoms with van der Waals surface area (Å²) in [5.74, 6) is 0. The average Bonchev–Trinajstić information content (AvgIpc) is 2.05. The van der Waals surface area contributed by atoms with Crippen molar-refractivity contribution < 1.29 is 5.21 Å². The molecule has 10 heavy (non-hydrogen) atoms. The molecule has 0 radical (unpaired) electrons. The van der Waals surface area contributed by atoms with Gasteiger partial charge in [0.2, 0.25) is 0 Å². The van der Waals surface area contributed by atoms with E-state index in [1.165, 1.54) is 5.57 Å². The molecule has 0 aromatic rings. The highest BCUT2D eigenvalue weighted by Crippen LogP contribution is 2.17. The summed E-state index contributed by atoms with van der Waals surface area (Å²) in [6.45, 7) is 2.13. The molecular weight excluding hydrogens is 126 g/mol. The van der Waals surface area contributed by atoms with E-state index in [1.807, 2.05) is 12.2 Å². The summed E-state index contributed by atoms with van der Waals surface area (Å²) in [4.78, 5) is 0.